The zero-order valence-electron chi connectivity index (χ0n) is 48.8. The summed E-state index contributed by atoms with van der Waals surface area (Å²) in [4.78, 5) is 21.2. The lowest BCUT2D eigenvalue weighted by atomic mass is 10.0. The van der Waals surface area contributed by atoms with Gasteiger partial charge in [0.15, 0.2) is 0 Å². The fourth-order valence-corrected chi connectivity index (χ4v) is 12.1. The van der Waals surface area contributed by atoms with E-state index in [1.54, 1.807) is 16.9 Å². The van der Waals surface area contributed by atoms with Crippen molar-refractivity contribution >= 4 is 33.1 Å². The molecule has 6 aliphatic rings. The number of rotatable bonds is 10. The molecule has 9 aromatic heterocycles. The maximum Gasteiger partial charge on any atom is 0.418 e. The van der Waals surface area contributed by atoms with Crippen molar-refractivity contribution in [1.82, 2.24) is 59.2 Å². The second kappa shape index (κ2) is 25.4. The Balaban J connectivity index is 0.000000131. The van der Waals surface area contributed by atoms with E-state index >= 15 is 0 Å². The first-order valence-corrected chi connectivity index (χ1v) is 30.0. The number of fused-ring (bicyclic) bond motifs is 3. The highest BCUT2D eigenvalue weighted by atomic mass is 19.4. The van der Waals surface area contributed by atoms with Crippen molar-refractivity contribution in [3.05, 3.63) is 107 Å². The first-order chi connectivity index (χ1) is 41.5. The normalized spacial score (nSPS) is 21.9. The van der Waals surface area contributed by atoms with Crippen molar-refractivity contribution in [2.24, 2.45) is 5.92 Å². The monoisotopic (exact) mass is 1200 g/mol. The van der Waals surface area contributed by atoms with Crippen molar-refractivity contribution in [2.75, 3.05) is 52.9 Å². The molecule has 15 rings (SSSR count). The van der Waals surface area contributed by atoms with Gasteiger partial charge in [0, 0.05) is 151 Å². The highest BCUT2D eigenvalue weighted by molar-refractivity contribution is 5.86. The molecular weight excluding hydrogens is 1130 g/mol. The minimum Gasteiger partial charge on any atom is -0.381 e. The predicted molar refractivity (Wildman–Crippen MR) is 309 cm³/mol. The number of H-pyrrole nitrogens is 3. The zero-order chi connectivity index (χ0) is 60.5. The fraction of sp³-hybridized carbons (Fsp3) is 0.516. The molecule has 5 atom stereocenters. The number of nitrogens with one attached hydrogen (secondary N) is 3. The molecule has 24 heteroatoms. The lowest BCUT2D eigenvalue weighted by Gasteiger charge is -2.17. The maximum absolute atomic E-state index is 13.8. The average Bonchev–Trinajstić information content (AvgIpc) is 2.20. The number of halogens is 8. The van der Waals surface area contributed by atoms with Crippen molar-refractivity contribution in [3.63, 3.8) is 0 Å². The standard InChI is InChI=1S/C20H19F5N4O.C19H19F3N4O2.C19H22N4O.2C2H6/c21-19(22)3-1-13(7-19)29-17(11-2-4-30-10-11)6-16(28-29)12-5-14-15(20(23,24)25)9-27-18(14)26-8-12;20-19(21,22)15-8-24-18-14(15)5-12(7-23-18)16-6-17(11-1-3-27-9-11)26(25-16)13-2-4-28-10-13;1-12-8-20-19-16(12)6-15(9-21-19)17-7-18(14-4-5-24-11-14)23(22-17)10-13-2-3-13;2*1-2/h5-6,8-9,11,13H,1-4,7,10H2,(H,26,27);5-8,11,13H,1-4,9-10H2,(H,23,24);6-9,13-14H,2-5,10-11H2,1H3,(H,20,21);2*1-2H3/t;;14-;;/m..0../s1. The molecule has 0 radical (unpaired) electrons. The van der Waals surface area contributed by atoms with Crippen molar-refractivity contribution < 1.29 is 54.1 Å². The molecule has 460 valence electrons. The molecule has 0 amide bonds. The molecule has 86 heavy (non-hydrogen) atoms. The summed E-state index contributed by atoms with van der Waals surface area (Å²) in [6.45, 7) is 16.5. The molecule has 0 bridgehead atoms. The number of alkyl halides is 8. The molecule has 0 spiro atoms. The fourth-order valence-electron chi connectivity index (χ4n) is 12.1. The van der Waals surface area contributed by atoms with Crippen LogP contribution in [0, 0.1) is 12.8 Å². The van der Waals surface area contributed by atoms with Crippen LogP contribution in [0.1, 0.15) is 149 Å². The SMILES string of the molecule is CC.CC.Cc1c[nH]c2ncc(-c3cc([C@H]4CCOC4)n(CC4CC4)n3)cc12.FC(F)(F)c1c[nH]c2ncc(-c3cc(C4CCOC4)n(C4CCOC4)n3)cc12.FC1(F)CCC(n2nc(-c3cnc4[nH]cc(C(F)(F)F)c4c3)cc2C2CCOC2)C1. The Bertz CT molecular complexity index is 3700. The van der Waals surface area contributed by atoms with Crippen LogP contribution in [-0.2, 0) is 37.8 Å². The average molecular weight is 1200 g/mol. The molecule has 2 saturated carbocycles. The van der Waals surface area contributed by atoms with Gasteiger partial charge in [0.1, 0.15) is 16.9 Å². The van der Waals surface area contributed by atoms with E-state index in [-0.39, 0.29) is 52.8 Å². The molecule has 4 saturated heterocycles. The van der Waals surface area contributed by atoms with Gasteiger partial charge >= 0.3 is 12.4 Å². The number of hydrogen-bond acceptors (Lipinski definition) is 10. The summed E-state index contributed by atoms with van der Waals surface area (Å²) in [5.74, 6) is -1.18. The Hall–Kier alpha value is -7.02. The molecule has 16 nitrogen and oxygen atoms in total. The Labute approximate surface area is 491 Å². The summed E-state index contributed by atoms with van der Waals surface area (Å²) >= 11 is 0. The topological polar surface area (TPSA) is 176 Å². The summed E-state index contributed by atoms with van der Waals surface area (Å²) in [5.41, 5.74) is 8.32. The first kappa shape index (κ1) is 60.7. The third kappa shape index (κ3) is 13.0. The van der Waals surface area contributed by atoms with Crippen LogP contribution in [0.2, 0.25) is 0 Å². The number of aromatic nitrogens is 12. The van der Waals surface area contributed by atoms with Gasteiger partial charge in [0.2, 0.25) is 5.92 Å². The van der Waals surface area contributed by atoms with Gasteiger partial charge < -0.3 is 33.9 Å². The quantitative estimate of drug-likeness (QED) is 0.112. The Kier molecular flexibility index (Phi) is 17.9. The second-order valence-electron chi connectivity index (χ2n) is 22.6. The highest BCUT2D eigenvalue weighted by Crippen LogP contribution is 2.45. The summed E-state index contributed by atoms with van der Waals surface area (Å²) in [6, 6.07) is 10.8. The van der Waals surface area contributed by atoms with Gasteiger partial charge in [-0.3, -0.25) is 14.0 Å². The number of pyridine rings is 3. The lowest BCUT2D eigenvalue weighted by Crippen LogP contribution is -2.16. The van der Waals surface area contributed by atoms with Crippen LogP contribution in [0.4, 0.5) is 35.1 Å². The van der Waals surface area contributed by atoms with E-state index in [0.29, 0.717) is 74.5 Å². The van der Waals surface area contributed by atoms with Gasteiger partial charge in [-0.15, -0.1) is 0 Å². The maximum atomic E-state index is 13.8. The largest absolute Gasteiger partial charge is 0.418 e. The summed E-state index contributed by atoms with van der Waals surface area (Å²) in [7, 11) is 0. The van der Waals surface area contributed by atoms with Crippen LogP contribution >= 0.6 is 0 Å². The number of hydrogen-bond donors (Lipinski definition) is 3. The molecule has 0 aromatic carbocycles. The van der Waals surface area contributed by atoms with Crippen LogP contribution in [0.15, 0.2) is 73.6 Å². The summed E-state index contributed by atoms with van der Waals surface area (Å²) < 4.78 is 135. The van der Waals surface area contributed by atoms with Crippen molar-refractivity contribution in [2.45, 2.75) is 147 Å². The van der Waals surface area contributed by atoms with Crippen molar-refractivity contribution in [1.29, 1.82) is 0 Å². The minimum atomic E-state index is -4.51. The molecule has 13 heterocycles. The molecule has 4 aliphatic heterocycles. The van der Waals surface area contributed by atoms with Crippen LogP contribution in [0.25, 0.3) is 66.9 Å². The van der Waals surface area contributed by atoms with Gasteiger partial charge in [0.25, 0.3) is 0 Å². The van der Waals surface area contributed by atoms with Crippen molar-refractivity contribution in [3.8, 4) is 33.8 Å². The minimum absolute atomic E-state index is 0.0233. The third-order valence-corrected chi connectivity index (χ3v) is 16.8. The Morgan fingerprint density at radius 2 is 0.942 bits per heavy atom. The predicted octanol–water partition coefficient (Wildman–Crippen LogP) is 14.9. The number of aryl methyl sites for hydroxylation is 1. The Morgan fingerprint density at radius 1 is 0.512 bits per heavy atom. The van der Waals surface area contributed by atoms with Crippen LogP contribution in [0.3, 0.4) is 0 Å². The van der Waals surface area contributed by atoms with Gasteiger partial charge in [-0.05, 0) is 99.7 Å². The third-order valence-electron chi connectivity index (χ3n) is 16.8. The lowest BCUT2D eigenvalue weighted by molar-refractivity contribution is -0.137. The molecule has 9 aromatic rings. The summed E-state index contributed by atoms with van der Waals surface area (Å²) in [6.07, 6.45) is 5.97. The van der Waals surface area contributed by atoms with Gasteiger partial charge in [-0.25, -0.2) is 23.7 Å². The summed E-state index contributed by atoms with van der Waals surface area (Å²) in [5, 5.41) is 15.4. The highest BCUT2D eigenvalue weighted by Gasteiger charge is 2.43. The van der Waals surface area contributed by atoms with Crippen LogP contribution in [-0.4, -0.2) is 118 Å². The molecule has 4 unspecified atom stereocenters. The smallest absolute Gasteiger partial charge is 0.381 e. The van der Waals surface area contributed by atoms with E-state index < -0.39 is 35.4 Å². The van der Waals surface area contributed by atoms with E-state index in [1.165, 1.54) is 47.8 Å². The van der Waals surface area contributed by atoms with Gasteiger partial charge in [-0.2, -0.15) is 41.6 Å². The number of nitrogens with zero attached hydrogens (tertiary/aromatic N) is 9. The second-order valence-corrected chi connectivity index (χ2v) is 22.6. The molecular formula is C62H72F8N12O4. The molecule has 2 aliphatic carbocycles. The Morgan fingerprint density at radius 3 is 1.38 bits per heavy atom. The zero-order valence-corrected chi connectivity index (χ0v) is 48.8. The van der Waals surface area contributed by atoms with E-state index in [9.17, 15) is 35.1 Å². The molecule has 3 N–H and O–H groups in total. The first-order valence-electron chi connectivity index (χ1n) is 30.0. The van der Waals surface area contributed by atoms with E-state index in [4.69, 9.17) is 29.1 Å². The molecule has 6 fully saturated rings. The van der Waals surface area contributed by atoms with Gasteiger partial charge in [0.05, 0.1) is 66.7 Å². The van der Waals surface area contributed by atoms with Crippen LogP contribution < -0.4 is 0 Å². The number of ether oxygens (including phenoxy) is 4. The van der Waals surface area contributed by atoms with E-state index in [2.05, 4.69) is 58.7 Å². The van der Waals surface area contributed by atoms with Gasteiger partial charge in [-0.1, -0.05) is 27.7 Å². The number of aromatic amines is 3. The van der Waals surface area contributed by atoms with E-state index in [0.717, 1.165) is 92.0 Å². The van der Waals surface area contributed by atoms with E-state index in [1.807, 2.05) is 50.8 Å². The van der Waals surface area contributed by atoms with Crippen LogP contribution in [0.5, 0.6) is 0 Å².